The first-order chi connectivity index (χ1) is 1.73. The summed E-state index contributed by atoms with van der Waals surface area (Å²) in [6.45, 7) is 0. The van der Waals surface area contributed by atoms with Crippen LogP contribution in [0.2, 0.25) is 15.4 Å². The van der Waals surface area contributed by atoms with Gasteiger partial charge < -0.3 is 6.15 Å². The SMILES string of the molecule is Br.N.[CH3][Ag]([CH3])[CH3]. The normalized spacial score (nSPS) is 7.50. The van der Waals surface area contributed by atoms with Gasteiger partial charge in [-0.25, -0.2) is 0 Å². The van der Waals surface area contributed by atoms with Crippen LogP contribution in [0.25, 0.3) is 0 Å². The third-order valence-electron chi connectivity index (χ3n) is 0. The topological polar surface area (TPSA) is 35.0 Å². The summed E-state index contributed by atoms with van der Waals surface area (Å²) in [6, 6.07) is 0. The summed E-state index contributed by atoms with van der Waals surface area (Å²) < 4.78 is 0. The van der Waals surface area contributed by atoms with Crippen molar-refractivity contribution in [1.82, 2.24) is 6.15 Å². The maximum atomic E-state index is 2.27. The van der Waals surface area contributed by atoms with E-state index >= 15 is 0 Å². The summed E-state index contributed by atoms with van der Waals surface area (Å²) in [5, 5.41) is 6.81. The van der Waals surface area contributed by atoms with Crippen LogP contribution in [0, 0.1) is 0 Å². The zero-order chi connectivity index (χ0) is 3.58. The number of halogens is 1. The predicted molar refractivity (Wildman–Crippen MR) is 32.9 cm³/mol. The molecular formula is C3H13AgBrN. The van der Waals surface area contributed by atoms with Gasteiger partial charge in [-0.2, -0.15) is 0 Å². The van der Waals surface area contributed by atoms with Gasteiger partial charge in [-0.15, -0.1) is 17.0 Å². The molecule has 3 N–H and O–H groups in total. The van der Waals surface area contributed by atoms with E-state index in [1.54, 1.807) is 0 Å². The monoisotopic (exact) mass is 249 g/mol. The standard InChI is InChI=1S/3CH3.Ag.BrH.H3N/h3*1H3;;1H;1H3. The summed E-state index contributed by atoms with van der Waals surface area (Å²) in [4.78, 5) is 0. The van der Waals surface area contributed by atoms with Crippen LogP contribution in [-0.4, -0.2) is 0 Å². The van der Waals surface area contributed by atoms with Gasteiger partial charge >= 0.3 is 33.9 Å². The van der Waals surface area contributed by atoms with Crippen molar-refractivity contribution in [3.05, 3.63) is 0 Å². The van der Waals surface area contributed by atoms with Crippen molar-refractivity contribution in [3.8, 4) is 0 Å². The van der Waals surface area contributed by atoms with Crippen molar-refractivity contribution in [2.45, 2.75) is 15.4 Å². The van der Waals surface area contributed by atoms with Gasteiger partial charge in [0, 0.05) is 0 Å². The van der Waals surface area contributed by atoms with Gasteiger partial charge in [0.1, 0.15) is 0 Å². The second-order valence-corrected chi connectivity index (χ2v) is 5.35. The molecule has 0 spiro atoms. The first kappa shape index (κ1) is 15.7. The molecule has 0 aromatic rings. The van der Waals surface area contributed by atoms with E-state index in [-0.39, 0.29) is 41.6 Å². The van der Waals surface area contributed by atoms with Gasteiger partial charge in [-0.1, -0.05) is 0 Å². The number of rotatable bonds is 0. The van der Waals surface area contributed by atoms with E-state index in [9.17, 15) is 0 Å². The van der Waals surface area contributed by atoms with E-state index < -0.39 is 0 Å². The second kappa shape index (κ2) is 9.49. The zero-order valence-corrected chi connectivity index (χ0v) is 7.61. The minimum absolute atomic E-state index is 0. The summed E-state index contributed by atoms with van der Waals surface area (Å²) in [6.07, 6.45) is 0. The quantitative estimate of drug-likeness (QED) is 0.659. The van der Waals surface area contributed by atoms with Gasteiger partial charge in [0.05, 0.1) is 0 Å². The van der Waals surface area contributed by atoms with Gasteiger partial charge in [0.25, 0.3) is 0 Å². The van der Waals surface area contributed by atoms with Crippen molar-refractivity contribution in [3.63, 3.8) is 0 Å². The van der Waals surface area contributed by atoms with E-state index in [1.807, 2.05) is 0 Å². The molecule has 0 aromatic carbocycles. The van der Waals surface area contributed by atoms with E-state index in [2.05, 4.69) is 15.4 Å². The molecule has 0 rings (SSSR count). The van der Waals surface area contributed by atoms with E-state index in [0.717, 1.165) is 0 Å². The molecule has 0 aromatic heterocycles. The molecule has 0 fully saturated rings. The molecule has 0 amide bonds. The molecule has 0 saturated heterocycles. The van der Waals surface area contributed by atoms with Gasteiger partial charge in [0.2, 0.25) is 0 Å². The molecule has 0 aliphatic carbocycles. The first-order valence-electron chi connectivity index (χ1n) is 0.905. The second-order valence-electron chi connectivity index (χ2n) is 0.905. The molecule has 0 atom stereocenters. The fraction of sp³-hybridized carbons (Fsp3) is 1.00. The molecule has 0 radical (unpaired) electrons. The molecule has 0 heterocycles. The van der Waals surface area contributed by atoms with Crippen LogP contribution in [-0.2, 0) is 18.4 Å². The predicted octanol–water partition coefficient (Wildman–Crippen LogP) is 2.49. The van der Waals surface area contributed by atoms with Crippen LogP contribution in [0.4, 0.5) is 0 Å². The summed E-state index contributed by atoms with van der Waals surface area (Å²) in [7, 11) is 0. The van der Waals surface area contributed by atoms with Crippen molar-refractivity contribution in [1.29, 1.82) is 0 Å². The fourth-order valence-corrected chi connectivity index (χ4v) is 0. The fourth-order valence-electron chi connectivity index (χ4n) is 0. The molecule has 0 saturated carbocycles. The van der Waals surface area contributed by atoms with Crippen LogP contribution in [0.1, 0.15) is 0 Å². The maximum absolute atomic E-state index is 2.27. The summed E-state index contributed by atoms with van der Waals surface area (Å²) >= 11 is 0.110. The summed E-state index contributed by atoms with van der Waals surface area (Å²) in [5.41, 5.74) is 0. The summed E-state index contributed by atoms with van der Waals surface area (Å²) in [5.74, 6) is 0. The molecule has 1 nitrogen and oxygen atoms in total. The molecule has 6 heavy (non-hydrogen) atoms. The Hall–Kier alpha value is 1.18. The Morgan fingerprint density at radius 2 is 1.00 bits per heavy atom. The molecule has 48 valence electrons. The molecule has 0 aliphatic heterocycles. The van der Waals surface area contributed by atoms with Gasteiger partial charge in [0.15, 0.2) is 0 Å². The van der Waals surface area contributed by atoms with E-state index in [1.165, 1.54) is 0 Å². The van der Waals surface area contributed by atoms with Crippen LogP contribution < -0.4 is 6.15 Å². The Balaban J connectivity index is -0.0000000450. The Bertz CT molecular complexity index is 15.5. The minimum atomic E-state index is 0. The molecule has 0 unspecified atom stereocenters. The molecule has 0 bridgehead atoms. The first-order valence-corrected chi connectivity index (χ1v) is 5.35. The van der Waals surface area contributed by atoms with Crippen molar-refractivity contribution < 1.29 is 18.4 Å². The Kier molecular flexibility index (Phi) is 24.8. The Morgan fingerprint density at radius 1 is 1.00 bits per heavy atom. The van der Waals surface area contributed by atoms with Crippen LogP contribution in [0.3, 0.4) is 0 Å². The van der Waals surface area contributed by atoms with Crippen molar-refractivity contribution >= 4 is 17.0 Å². The zero-order valence-electron chi connectivity index (χ0n) is 4.42. The third kappa shape index (κ3) is 65.0. The van der Waals surface area contributed by atoms with Crippen LogP contribution in [0.5, 0.6) is 0 Å². The van der Waals surface area contributed by atoms with Gasteiger partial charge in [-0.3, -0.25) is 0 Å². The molecule has 3 heteroatoms. The van der Waals surface area contributed by atoms with Crippen LogP contribution >= 0.6 is 17.0 Å². The third-order valence-corrected chi connectivity index (χ3v) is 0. The van der Waals surface area contributed by atoms with Crippen molar-refractivity contribution in [2.75, 3.05) is 0 Å². The Labute approximate surface area is 57.0 Å². The molecule has 0 aliphatic rings. The average Bonchev–Trinajstić information content (AvgIpc) is 0.811. The number of hydrogen-bond acceptors (Lipinski definition) is 1. The van der Waals surface area contributed by atoms with Crippen molar-refractivity contribution in [2.24, 2.45) is 0 Å². The van der Waals surface area contributed by atoms with Crippen LogP contribution in [0.15, 0.2) is 0 Å². The van der Waals surface area contributed by atoms with E-state index in [0.29, 0.717) is 0 Å². The molecular weight excluding hydrogens is 238 g/mol. The number of hydrogen-bond donors (Lipinski definition) is 1. The Morgan fingerprint density at radius 3 is 1.00 bits per heavy atom. The van der Waals surface area contributed by atoms with Gasteiger partial charge in [-0.05, 0) is 0 Å². The van der Waals surface area contributed by atoms with E-state index in [4.69, 9.17) is 0 Å². The average molecular weight is 251 g/mol.